The van der Waals surface area contributed by atoms with E-state index in [2.05, 4.69) is 337 Å². The molecule has 8 heterocycles. The van der Waals surface area contributed by atoms with Crippen molar-refractivity contribution in [2.45, 2.75) is 498 Å². The van der Waals surface area contributed by atoms with Gasteiger partial charge in [0.1, 0.15) is 46.5 Å². The third-order valence-electron chi connectivity index (χ3n) is 37.4. The van der Waals surface area contributed by atoms with Crippen LogP contribution in [0.4, 0.5) is 0 Å². The van der Waals surface area contributed by atoms with Crippen molar-refractivity contribution in [3.8, 4) is 40.2 Å². The van der Waals surface area contributed by atoms with Crippen LogP contribution in [0.15, 0.2) is 109 Å². The van der Waals surface area contributed by atoms with Gasteiger partial charge >= 0.3 is 0 Å². The van der Waals surface area contributed by atoms with E-state index in [-0.39, 0.29) is 91.3 Å². The summed E-state index contributed by atoms with van der Waals surface area (Å²) in [5, 5.41) is 24.8. The van der Waals surface area contributed by atoms with Gasteiger partial charge in [-0.3, -0.25) is 24.5 Å². The fourth-order valence-electron chi connectivity index (χ4n) is 32.4. The molecule has 18 aliphatic rings. The second-order valence-electron chi connectivity index (χ2n) is 56.4. The van der Waals surface area contributed by atoms with Gasteiger partial charge in [0.15, 0.2) is 34.5 Å². The lowest BCUT2D eigenvalue weighted by Gasteiger charge is -2.65. The van der Waals surface area contributed by atoms with E-state index in [4.69, 9.17) is 33.2 Å². The van der Waals surface area contributed by atoms with E-state index in [1.54, 1.807) is 22.3 Å². The number of nitrogens with zero attached hydrogens (tertiary/aromatic N) is 5. The summed E-state index contributed by atoms with van der Waals surface area (Å²) in [4.78, 5) is 13.5. The van der Waals surface area contributed by atoms with Crippen molar-refractivity contribution in [2.75, 3.05) is 32.7 Å². The molecule has 19 atom stereocenters. The Labute approximate surface area is 828 Å². The van der Waals surface area contributed by atoms with Gasteiger partial charge in [-0.2, -0.15) is 0 Å². The number of benzene rings is 5. The molecule has 14 heteroatoms. The normalized spacial score (nSPS) is 34.6. The highest BCUT2D eigenvalue weighted by molar-refractivity contribution is 5.68. The Hall–Kier alpha value is -6.36. The molecular weight excluding hydrogens is 1690 g/mol. The van der Waals surface area contributed by atoms with Crippen LogP contribution in [0.3, 0.4) is 0 Å². The monoisotopic (exact) mass is 1870 g/mol. The molecular formula is C123H179N5O9. The van der Waals surface area contributed by atoms with Gasteiger partial charge in [0, 0.05) is 116 Å². The second kappa shape index (κ2) is 33.1. The molecule has 5 saturated heterocycles. The number of ether oxygens (including phenoxy) is 7. The number of piperidine rings is 5. The zero-order valence-electron chi connectivity index (χ0n) is 91.0. The standard InChI is InChI=1S/2C25H35NO3.C25H35NO2.C24H37NO.C24H37N/c2*1-15-10-11-25(27)18-14-16-8-9-17(29-23(5,6)7)20-19(16)24(25,21(15)28-20)12-13-26(18)22(2,3)4;1-15-8-10-17-18-14-16-9-11-19(28-24(5,6)7)21-20(16)25(17,22(15)27-21)12-13-26(18)23(2,3)4;1-22(2,3)25-14-13-24-12-8-7-9-19(24)21(25)15-17-10-11-18(16-20(17)24)26-23(4,5)6;1-22(2,3)18-11-10-17-15-21-19-9-7-8-12-24(19,20(17)16-18)13-14-25(21)23(4,5)6/h2*8-9,18,21,27H,1,10-14H2,2-7H3;8-11,15,17-18,22H,12-14H2,1-7H3;10-11,16,19,21H,7-9,12-15H2,1-6H3;10-11,16,19,21H,7-9,12-15H2,1-6H3/t2*18?,21?,24-,25+;15-,17?,18?,22?,25-;2*19?,21-,24?/m00000/s1. The molecule has 2 N–H and O–H groups in total. The third kappa shape index (κ3) is 16.1. The van der Waals surface area contributed by atoms with Gasteiger partial charge in [-0.05, 0) is 425 Å². The van der Waals surface area contributed by atoms with Crippen molar-refractivity contribution >= 4 is 0 Å². The minimum atomic E-state index is -0.803. The van der Waals surface area contributed by atoms with E-state index >= 15 is 0 Å². The number of hydrogen-bond donors (Lipinski definition) is 2. The van der Waals surface area contributed by atoms with Crippen LogP contribution >= 0.6 is 0 Å². The molecule has 5 aromatic carbocycles. The molecule has 14 nitrogen and oxygen atoms in total. The van der Waals surface area contributed by atoms with E-state index in [1.165, 1.54) is 136 Å². The molecule has 11 unspecified atom stereocenters. The first kappa shape index (κ1) is 99.4. The van der Waals surface area contributed by atoms with Crippen molar-refractivity contribution in [3.63, 3.8) is 0 Å². The highest BCUT2D eigenvalue weighted by Crippen LogP contribution is 2.71. The zero-order valence-corrected chi connectivity index (χ0v) is 91.0. The maximum absolute atomic E-state index is 12.4. The van der Waals surface area contributed by atoms with Gasteiger partial charge in [0.2, 0.25) is 0 Å². The van der Waals surface area contributed by atoms with Crippen molar-refractivity contribution in [2.24, 2.45) is 23.7 Å². The second-order valence-corrected chi connectivity index (χ2v) is 56.4. The minimum absolute atomic E-state index is 0.0149. The molecule has 9 fully saturated rings. The van der Waals surface area contributed by atoms with E-state index in [0.29, 0.717) is 34.7 Å². The molecule has 0 amide bonds. The van der Waals surface area contributed by atoms with Crippen LogP contribution in [0.1, 0.15) is 385 Å². The van der Waals surface area contributed by atoms with Crippen LogP contribution < -0.4 is 33.2 Å². The van der Waals surface area contributed by atoms with Gasteiger partial charge in [-0.15, -0.1) is 0 Å². The molecule has 0 aromatic heterocycles. The summed E-state index contributed by atoms with van der Waals surface area (Å²) in [5.74, 6) is 8.99. The molecule has 5 aromatic rings. The molecule has 4 saturated carbocycles. The van der Waals surface area contributed by atoms with Gasteiger partial charge in [-0.1, -0.05) is 121 Å². The summed E-state index contributed by atoms with van der Waals surface area (Å²) in [6, 6.07) is 29.8. The molecule has 8 aliphatic heterocycles. The molecule has 750 valence electrons. The quantitative estimate of drug-likeness (QED) is 0.166. The zero-order chi connectivity index (χ0) is 98.8. The Bertz CT molecular complexity index is 5380. The lowest BCUT2D eigenvalue weighted by molar-refractivity contribution is -0.189. The Balaban J connectivity index is 0.000000110. The fourth-order valence-corrected chi connectivity index (χ4v) is 32.4. The Kier molecular flexibility index (Phi) is 24.0. The predicted molar refractivity (Wildman–Crippen MR) is 559 cm³/mol. The molecule has 10 bridgehead atoms. The number of likely N-dealkylation sites (tertiary alicyclic amines) is 5. The lowest BCUT2D eigenvalue weighted by Crippen LogP contribution is -2.77. The molecule has 0 radical (unpaired) electrons. The largest absolute Gasteiger partial charge is 0.488 e. The molecule has 23 rings (SSSR count). The van der Waals surface area contributed by atoms with Crippen molar-refractivity contribution < 1.29 is 43.4 Å². The van der Waals surface area contributed by atoms with E-state index < -0.39 is 22.0 Å². The summed E-state index contributed by atoms with van der Waals surface area (Å²) in [6.07, 6.45) is 30.2. The summed E-state index contributed by atoms with van der Waals surface area (Å²) < 4.78 is 45.3. The maximum atomic E-state index is 12.4. The van der Waals surface area contributed by atoms with E-state index in [0.717, 1.165) is 147 Å². The van der Waals surface area contributed by atoms with Crippen LogP contribution in [-0.2, 0) is 64.6 Å². The summed E-state index contributed by atoms with van der Waals surface area (Å²) >= 11 is 0. The average Bonchev–Trinajstić information content (AvgIpc) is 1.51. The van der Waals surface area contributed by atoms with Crippen LogP contribution in [0.5, 0.6) is 40.2 Å². The van der Waals surface area contributed by atoms with Crippen LogP contribution in [0, 0.1) is 23.7 Å². The van der Waals surface area contributed by atoms with Crippen molar-refractivity contribution in [3.05, 3.63) is 170 Å². The smallest absolute Gasteiger partial charge is 0.166 e. The summed E-state index contributed by atoms with van der Waals surface area (Å²) in [7, 11) is 0. The number of fused-ring (bicyclic) bond motifs is 2. The fraction of sp³-hybridized carbons (Fsp3) is 0.707. The van der Waals surface area contributed by atoms with Crippen LogP contribution in [0.25, 0.3) is 0 Å². The molecule has 137 heavy (non-hydrogen) atoms. The molecule has 3 spiro atoms. The van der Waals surface area contributed by atoms with Crippen molar-refractivity contribution in [1.82, 2.24) is 24.5 Å². The topological polar surface area (TPSA) is 121 Å². The first-order valence-electron chi connectivity index (χ1n) is 54.4. The summed E-state index contributed by atoms with van der Waals surface area (Å²) in [5.41, 5.74) is 17.0. The summed E-state index contributed by atoms with van der Waals surface area (Å²) in [6.45, 7) is 84.1. The predicted octanol–water partition coefficient (Wildman–Crippen LogP) is 25.4. The maximum Gasteiger partial charge on any atom is 0.166 e. The highest BCUT2D eigenvalue weighted by atomic mass is 16.6. The SMILES string of the molecule is C=C1CC[C@@]2(O)C3Cc4ccc(OC(C)(C)C)c5c4[C@@]2(CCN3C(C)(C)C)C1O5.C=C1CC[C@@]2(O)C3Cc4ccc(OC(C)(C)C)c5c4[C@@]2(CCN3C(C)(C)C)C1O5.CC(C)(C)Oc1ccc2c(c1)C13CCCCC1[C@H](C2)N(C(C)(C)C)CC3.CC(C)(C)c1ccc2c(c1)C13CCCCC1[C@H](C2)N(C(C)(C)C)CC3.C[C@H]1C=CC2C3Cc4ccc(OC(C)(C)C)c5c4[C@@]2(CCN3C(C)(C)C)C1O5. The Morgan fingerprint density at radius 3 is 1.15 bits per heavy atom. The van der Waals surface area contributed by atoms with Crippen molar-refractivity contribution in [1.29, 1.82) is 0 Å². The van der Waals surface area contributed by atoms with Gasteiger partial charge in [0.25, 0.3) is 0 Å². The van der Waals surface area contributed by atoms with Gasteiger partial charge in [0.05, 0.1) is 22.0 Å². The molecule has 10 aliphatic carbocycles. The Morgan fingerprint density at radius 1 is 0.365 bits per heavy atom. The van der Waals surface area contributed by atoms with E-state index in [9.17, 15) is 10.2 Å². The van der Waals surface area contributed by atoms with Gasteiger partial charge < -0.3 is 43.4 Å². The minimum Gasteiger partial charge on any atom is -0.488 e. The van der Waals surface area contributed by atoms with Crippen LogP contribution in [0.2, 0.25) is 0 Å². The van der Waals surface area contributed by atoms with E-state index in [1.807, 2.05) is 0 Å². The van der Waals surface area contributed by atoms with Gasteiger partial charge in [-0.25, -0.2) is 0 Å². The Morgan fingerprint density at radius 2 is 0.737 bits per heavy atom. The first-order chi connectivity index (χ1) is 63.5. The van der Waals surface area contributed by atoms with Crippen LogP contribution in [-0.4, -0.2) is 177 Å². The number of aliphatic hydroxyl groups is 2. The average molecular weight is 1870 g/mol. The number of hydrogen-bond acceptors (Lipinski definition) is 14. The highest BCUT2D eigenvalue weighted by Gasteiger charge is 2.76. The third-order valence-corrected chi connectivity index (χ3v) is 37.4. The number of rotatable bonds is 4. The first-order valence-corrected chi connectivity index (χ1v) is 54.4. The lowest BCUT2D eigenvalue weighted by atomic mass is 9.48.